The molecular formula is C20H34N4O2. The number of rotatable bonds is 6. The summed E-state index contributed by atoms with van der Waals surface area (Å²) in [6.45, 7) is 10.6. The molecule has 3 fully saturated rings. The molecule has 3 N–H and O–H groups in total. The zero-order chi connectivity index (χ0) is 19.0. The first-order chi connectivity index (χ1) is 12.2. The minimum atomic E-state index is -0.989. The monoisotopic (exact) mass is 362 g/mol. The number of nitriles is 1. The van der Waals surface area contributed by atoms with Gasteiger partial charge in [0.15, 0.2) is 11.3 Å². The van der Waals surface area contributed by atoms with Crippen molar-refractivity contribution >= 4 is 5.78 Å². The molecule has 3 rings (SSSR count). The first-order valence-electron chi connectivity index (χ1n) is 10.1. The predicted molar refractivity (Wildman–Crippen MR) is 101 cm³/mol. The van der Waals surface area contributed by atoms with Gasteiger partial charge in [-0.05, 0) is 56.9 Å². The van der Waals surface area contributed by atoms with Crippen LogP contribution in [-0.2, 0) is 4.79 Å². The fourth-order valence-electron chi connectivity index (χ4n) is 5.09. The molecule has 4 atom stereocenters. The largest absolute Gasteiger partial charge is 0.392 e. The van der Waals surface area contributed by atoms with Crippen LogP contribution in [0.2, 0.25) is 0 Å². The molecule has 6 nitrogen and oxygen atoms in total. The highest BCUT2D eigenvalue weighted by Gasteiger charge is 2.52. The molecular weight excluding hydrogens is 328 g/mol. The molecule has 1 aliphatic carbocycles. The summed E-state index contributed by atoms with van der Waals surface area (Å²) in [7, 11) is 0. The molecule has 3 aliphatic rings. The minimum Gasteiger partial charge on any atom is -0.392 e. The molecule has 2 saturated heterocycles. The van der Waals surface area contributed by atoms with Crippen LogP contribution in [0.4, 0.5) is 0 Å². The van der Waals surface area contributed by atoms with Gasteiger partial charge in [0.25, 0.3) is 0 Å². The molecule has 0 bridgehead atoms. The summed E-state index contributed by atoms with van der Waals surface area (Å²) in [4.78, 5) is 15.1. The van der Waals surface area contributed by atoms with Crippen molar-refractivity contribution < 1.29 is 9.90 Å². The second kappa shape index (κ2) is 7.20. The lowest BCUT2D eigenvalue weighted by molar-refractivity contribution is -0.122. The number of ketones is 1. The SMILES string of the molecule is CC1(C)[C@@H](CN2CC[C@@H](O)C2)CC[C@@]1(C)NCC(=O)C1(C#N)CCCN1. The Labute approximate surface area is 157 Å². The second-order valence-electron chi connectivity index (χ2n) is 9.32. The van der Waals surface area contributed by atoms with Crippen molar-refractivity contribution in [1.82, 2.24) is 15.5 Å². The third kappa shape index (κ3) is 3.43. The first kappa shape index (κ1) is 19.8. The fourth-order valence-corrected chi connectivity index (χ4v) is 5.09. The topological polar surface area (TPSA) is 88.4 Å². The van der Waals surface area contributed by atoms with Crippen LogP contribution in [0.15, 0.2) is 0 Å². The Bertz CT molecular complexity index is 579. The maximum absolute atomic E-state index is 12.7. The molecule has 0 spiro atoms. The van der Waals surface area contributed by atoms with Gasteiger partial charge in [0, 0.05) is 25.2 Å². The third-order valence-electron chi connectivity index (χ3n) is 7.62. The summed E-state index contributed by atoms with van der Waals surface area (Å²) in [6, 6.07) is 2.22. The molecule has 2 aliphatic heterocycles. The Hall–Kier alpha value is -1.00. The van der Waals surface area contributed by atoms with Crippen molar-refractivity contribution in [3.8, 4) is 6.07 Å². The maximum Gasteiger partial charge on any atom is 0.181 e. The lowest BCUT2D eigenvalue weighted by Gasteiger charge is -2.43. The fraction of sp³-hybridized carbons (Fsp3) is 0.900. The highest BCUT2D eigenvalue weighted by molar-refractivity contribution is 5.93. The third-order valence-corrected chi connectivity index (χ3v) is 7.62. The normalized spacial score (nSPS) is 40.0. The van der Waals surface area contributed by atoms with E-state index >= 15 is 0 Å². The van der Waals surface area contributed by atoms with E-state index < -0.39 is 5.54 Å². The van der Waals surface area contributed by atoms with Crippen molar-refractivity contribution in [1.29, 1.82) is 5.26 Å². The van der Waals surface area contributed by atoms with Crippen LogP contribution in [-0.4, -0.2) is 65.7 Å². The van der Waals surface area contributed by atoms with Crippen molar-refractivity contribution in [2.24, 2.45) is 11.3 Å². The molecule has 0 radical (unpaired) electrons. The van der Waals surface area contributed by atoms with Gasteiger partial charge in [0.05, 0.1) is 18.7 Å². The molecule has 26 heavy (non-hydrogen) atoms. The van der Waals surface area contributed by atoms with Crippen LogP contribution < -0.4 is 10.6 Å². The first-order valence-corrected chi connectivity index (χ1v) is 10.1. The van der Waals surface area contributed by atoms with Gasteiger partial charge < -0.3 is 15.3 Å². The summed E-state index contributed by atoms with van der Waals surface area (Å²) < 4.78 is 0. The van der Waals surface area contributed by atoms with E-state index in [4.69, 9.17) is 0 Å². The molecule has 146 valence electrons. The molecule has 2 heterocycles. The van der Waals surface area contributed by atoms with E-state index in [0.29, 0.717) is 12.3 Å². The Balaban J connectivity index is 1.60. The molecule has 0 aromatic carbocycles. The van der Waals surface area contributed by atoms with Gasteiger partial charge >= 0.3 is 0 Å². The number of nitrogens with zero attached hydrogens (tertiary/aromatic N) is 2. The smallest absolute Gasteiger partial charge is 0.181 e. The molecule has 6 heteroatoms. The van der Waals surface area contributed by atoms with Crippen molar-refractivity contribution in [2.45, 2.75) is 70.1 Å². The van der Waals surface area contributed by atoms with Crippen LogP contribution in [0, 0.1) is 22.7 Å². The quantitative estimate of drug-likeness (QED) is 0.655. The van der Waals surface area contributed by atoms with Gasteiger partial charge in [-0.25, -0.2) is 0 Å². The van der Waals surface area contributed by atoms with Crippen LogP contribution >= 0.6 is 0 Å². The molecule has 0 aromatic heterocycles. The predicted octanol–water partition coefficient (Wildman–Crippen LogP) is 1.05. The zero-order valence-corrected chi connectivity index (χ0v) is 16.5. The summed E-state index contributed by atoms with van der Waals surface area (Å²) in [5, 5.41) is 25.9. The van der Waals surface area contributed by atoms with Crippen molar-refractivity contribution in [3.63, 3.8) is 0 Å². The van der Waals surface area contributed by atoms with Crippen LogP contribution in [0.1, 0.15) is 52.9 Å². The number of hydrogen-bond donors (Lipinski definition) is 3. The second-order valence-corrected chi connectivity index (χ2v) is 9.32. The number of nitrogens with one attached hydrogen (secondary N) is 2. The average Bonchev–Trinajstić information content (AvgIpc) is 3.29. The number of aliphatic hydroxyl groups excluding tert-OH is 1. The summed E-state index contributed by atoms with van der Waals surface area (Å²) >= 11 is 0. The van der Waals surface area contributed by atoms with Gasteiger partial charge in [0.2, 0.25) is 0 Å². The summed E-state index contributed by atoms with van der Waals surface area (Å²) in [5.74, 6) is 0.510. The Kier molecular flexibility index (Phi) is 5.47. The standard InChI is InChI=1S/C20H34N4O2/c1-18(2)15(12-24-10-6-16(25)13-24)5-8-19(18,3)23-11-17(26)20(14-21)7-4-9-22-20/h15-16,22-23,25H,4-13H2,1-3H3/t15-,16-,19-,20?/m1/s1. The van der Waals surface area contributed by atoms with E-state index in [9.17, 15) is 15.2 Å². The minimum absolute atomic E-state index is 0.0272. The summed E-state index contributed by atoms with van der Waals surface area (Å²) in [6.07, 6.45) is 4.35. The lowest BCUT2D eigenvalue weighted by Crippen LogP contribution is -2.58. The Morgan fingerprint density at radius 3 is 2.69 bits per heavy atom. The van der Waals surface area contributed by atoms with E-state index in [2.05, 4.69) is 42.4 Å². The lowest BCUT2D eigenvalue weighted by atomic mass is 9.71. The number of aliphatic hydroxyl groups is 1. The van der Waals surface area contributed by atoms with Crippen LogP contribution in [0.25, 0.3) is 0 Å². The molecule has 0 amide bonds. The van der Waals surface area contributed by atoms with E-state index in [1.165, 1.54) is 0 Å². The number of hydrogen-bond acceptors (Lipinski definition) is 6. The Morgan fingerprint density at radius 2 is 2.12 bits per heavy atom. The van der Waals surface area contributed by atoms with Crippen LogP contribution in [0.3, 0.4) is 0 Å². The maximum atomic E-state index is 12.7. The number of likely N-dealkylation sites (tertiary alicyclic amines) is 1. The van der Waals surface area contributed by atoms with Crippen molar-refractivity contribution in [2.75, 3.05) is 32.7 Å². The van der Waals surface area contributed by atoms with E-state index in [0.717, 1.165) is 51.9 Å². The molecule has 0 aromatic rings. The average molecular weight is 363 g/mol. The molecule has 1 saturated carbocycles. The van der Waals surface area contributed by atoms with Gasteiger partial charge in [-0.3, -0.25) is 10.1 Å². The zero-order valence-electron chi connectivity index (χ0n) is 16.5. The highest BCUT2D eigenvalue weighted by Crippen LogP contribution is 2.50. The number of carbonyl (C=O) groups excluding carboxylic acids is 1. The van der Waals surface area contributed by atoms with Gasteiger partial charge in [0.1, 0.15) is 0 Å². The number of β-amino-alcohol motifs (C(OH)–C–C–N with tert-alkyl or cyclic N) is 1. The van der Waals surface area contributed by atoms with E-state index in [1.54, 1.807) is 0 Å². The molecule has 1 unspecified atom stereocenters. The number of Topliss-reactive ketones (excluding diaryl/α,β-unsaturated/α-hetero) is 1. The van der Waals surface area contributed by atoms with E-state index in [-0.39, 0.29) is 29.4 Å². The van der Waals surface area contributed by atoms with Crippen LogP contribution in [0.5, 0.6) is 0 Å². The summed E-state index contributed by atoms with van der Waals surface area (Å²) in [5.41, 5.74) is -1.07. The van der Waals surface area contributed by atoms with Gasteiger partial charge in [-0.2, -0.15) is 5.26 Å². The van der Waals surface area contributed by atoms with Crippen molar-refractivity contribution in [3.05, 3.63) is 0 Å². The Morgan fingerprint density at radius 1 is 1.35 bits per heavy atom. The van der Waals surface area contributed by atoms with E-state index in [1.807, 2.05) is 0 Å². The van der Waals surface area contributed by atoms with Gasteiger partial charge in [-0.1, -0.05) is 13.8 Å². The van der Waals surface area contributed by atoms with Gasteiger partial charge in [-0.15, -0.1) is 0 Å². The highest BCUT2D eigenvalue weighted by atomic mass is 16.3. The number of carbonyl (C=O) groups is 1.